The molecule has 7 heteroatoms. The molecule has 174 valence electrons. The Morgan fingerprint density at radius 3 is 2.52 bits per heavy atom. The van der Waals surface area contributed by atoms with Crippen LogP contribution in [0.1, 0.15) is 36.1 Å². The Bertz CT molecular complexity index is 1100. The predicted octanol–water partition coefficient (Wildman–Crippen LogP) is 5.34. The van der Waals surface area contributed by atoms with E-state index in [1.807, 2.05) is 24.3 Å². The van der Waals surface area contributed by atoms with Crippen LogP contribution in [0.4, 0.5) is 5.69 Å². The van der Waals surface area contributed by atoms with Gasteiger partial charge in [0.05, 0.1) is 6.21 Å². The summed E-state index contributed by atoms with van der Waals surface area (Å²) in [6.07, 6.45) is 6.75. The first kappa shape index (κ1) is 23.7. The van der Waals surface area contributed by atoms with Gasteiger partial charge in [-0.2, -0.15) is 5.10 Å². The molecule has 2 aromatic carbocycles. The number of hydrogen-bond acceptors (Lipinski definition) is 3. The minimum absolute atomic E-state index is 0.0828. The molecule has 0 saturated heterocycles. The van der Waals surface area contributed by atoms with Gasteiger partial charge in [-0.1, -0.05) is 30.3 Å². The second-order valence-corrected chi connectivity index (χ2v) is 9.06. The molecule has 0 fully saturated rings. The number of anilines is 1. The second kappa shape index (κ2) is 11.6. The van der Waals surface area contributed by atoms with Gasteiger partial charge in [0.1, 0.15) is 0 Å². The monoisotopic (exact) mass is 484 g/mol. The number of hydrogen-bond donors (Lipinski definition) is 1. The van der Waals surface area contributed by atoms with E-state index in [0.717, 1.165) is 37.2 Å². The van der Waals surface area contributed by atoms with Crippen molar-refractivity contribution in [1.29, 1.82) is 0 Å². The number of aryl methyl sites for hydroxylation is 2. The lowest BCUT2D eigenvalue weighted by atomic mass is 9.95. The molecule has 33 heavy (non-hydrogen) atoms. The molecule has 1 aromatic heterocycles. The van der Waals surface area contributed by atoms with Gasteiger partial charge in [-0.15, -0.1) is 23.2 Å². The minimum atomic E-state index is -0.0828. The Kier molecular flexibility index (Phi) is 8.30. The Balaban J connectivity index is 1.34. The summed E-state index contributed by atoms with van der Waals surface area (Å²) < 4.78 is 2.33. The number of benzene rings is 2. The number of hydrazone groups is 1. The van der Waals surface area contributed by atoms with Crippen molar-refractivity contribution in [3.8, 4) is 0 Å². The first-order valence-electron chi connectivity index (χ1n) is 11.6. The van der Waals surface area contributed by atoms with E-state index in [2.05, 4.69) is 44.3 Å². The zero-order valence-electron chi connectivity index (χ0n) is 18.8. The molecule has 0 radical (unpaired) electrons. The van der Waals surface area contributed by atoms with Crippen molar-refractivity contribution in [3.05, 3.63) is 65.4 Å². The van der Waals surface area contributed by atoms with Crippen LogP contribution in [0, 0.1) is 0 Å². The molecule has 1 heterocycles. The fraction of sp³-hybridized carbons (Fsp3) is 0.385. The lowest BCUT2D eigenvalue weighted by Crippen LogP contribution is -2.27. The highest BCUT2D eigenvalue weighted by Gasteiger charge is 2.19. The Labute approximate surface area is 205 Å². The van der Waals surface area contributed by atoms with Crippen LogP contribution >= 0.6 is 23.2 Å². The minimum Gasteiger partial charge on any atom is -0.369 e. The van der Waals surface area contributed by atoms with Gasteiger partial charge in [0.15, 0.2) is 0 Å². The molecule has 0 atom stereocenters. The topological polar surface area (TPSA) is 49.6 Å². The van der Waals surface area contributed by atoms with Crippen molar-refractivity contribution >= 4 is 51.9 Å². The van der Waals surface area contributed by atoms with Crippen molar-refractivity contribution in [3.63, 3.8) is 0 Å². The highest BCUT2D eigenvalue weighted by atomic mass is 35.5. The van der Waals surface area contributed by atoms with Gasteiger partial charge in [0, 0.05) is 60.1 Å². The number of aromatic nitrogens is 1. The molecule has 4 rings (SSSR count). The normalized spacial score (nSPS) is 13.4. The number of fused-ring (bicyclic) bond motifs is 3. The number of rotatable bonds is 10. The Hall–Kier alpha value is -2.50. The number of para-hydroxylation sites is 1. The summed E-state index contributed by atoms with van der Waals surface area (Å²) in [7, 11) is 0. The summed E-state index contributed by atoms with van der Waals surface area (Å²) in [5.74, 6) is 1.02. The molecule has 5 nitrogen and oxygen atoms in total. The Morgan fingerprint density at radius 1 is 1.03 bits per heavy atom. The summed E-state index contributed by atoms with van der Waals surface area (Å²) >= 11 is 11.8. The predicted molar refractivity (Wildman–Crippen MR) is 139 cm³/mol. The summed E-state index contributed by atoms with van der Waals surface area (Å²) in [5, 5.41) is 5.49. The van der Waals surface area contributed by atoms with Crippen LogP contribution < -0.4 is 10.3 Å². The van der Waals surface area contributed by atoms with Gasteiger partial charge in [-0.25, -0.2) is 5.43 Å². The lowest BCUT2D eigenvalue weighted by molar-refractivity contribution is -0.121. The first-order chi connectivity index (χ1) is 16.2. The molecule has 0 spiro atoms. The van der Waals surface area contributed by atoms with Crippen molar-refractivity contribution < 1.29 is 4.79 Å². The third-order valence-electron chi connectivity index (χ3n) is 6.22. The first-order valence-corrected chi connectivity index (χ1v) is 12.7. The average Bonchev–Trinajstić information content (AvgIpc) is 3.17. The van der Waals surface area contributed by atoms with Crippen LogP contribution in [-0.4, -0.2) is 41.5 Å². The molecule has 0 aliphatic heterocycles. The highest BCUT2D eigenvalue weighted by Crippen LogP contribution is 2.32. The van der Waals surface area contributed by atoms with E-state index in [0.29, 0.717) is 24.7 Å². The van der Waals surface area contributed by atoms with Crippen LogP contribution in [0.15, 0.2) is 53.6 Å². The molecular formula is C26H30Cl2N4O. The smallest absolute Gasteiger partial charge is 0.241 e. The zero-order chi connectivity index (χ0) is 23.0. The van der Waals surface area contributed by atoms with Crippen molar-refractivity contribution in [2.24, 2.45) is 5.10 Å². The number of carbonyl (C=O) groups excluding carboxylic acids is 1. The quantitative estimate of drug-likeness (QED) is 0.239. The lowest BCUT2D eigenvalue weighted by Gasteiger charge is -2.22. The van der Waals surface area contributed by atoms with Gasteiger partial charge in [0.25, 0.3) is 0 Å². The third-order valence-corrected chi connectivity index (χ3v) is 6.55. The molecule has 1 aliphatic carbocycles. The maximum Gasteiger partial charge on any atom is 0.241 e. The zero-order valence-corrected chi connectivity index (χ0v) is 20.3. The number of carbonyl (C=O) groups is 1. The summed E-state index contributed by atoms with van der Waals surface area (Å²) in [6, 6.07) is 16.5. The van der Waals surface area contributed by atoms with Crippen LogP contribution in [0.25, 0.3) is 10.9 Å². The second-order valence-electron chi connectivity index (χ2n) is 8.30. The number of nitrogens with zero attached hydrogens (tertiary/aromatic N) is 3. The fourth-order valence-corrected chi connectivity index (χ4v) is 5.04. The maximum atomic E-state index is 12.5. The van der Waals surface area contributed by atoms with E-state index in [9.17, 15) is 4.79 Å². The number of amides is 1. The van der Waals surface area contributed by atoms with Gasteiger partial charge >= 0.3 is 0 Å². The van der Waals surface area contributed by atoms with Crippen molar-refractivity contribution in [2.75, 3.05) is 29.7 Å². The fourth-order valence-electron chi connectivity index (χ4n) is 4.64. The summed E-state index contributed by atoms with van der Waals surface area (Å²) in [6.45, 7) is 2.16. The van der Waals surface area contributed by atoms with Crippen molar-refractivity contribution in [1.82, 2.24) is 9.99 Å². The van der Waals surface area contributed by atoms with E-state index in [1.54, 1.807) is 6.21 Å². The SMILES string of the molecule is O=C(CCn1c2c(c3ccccc31)CCCC2)N/N=C\c1ccc(N(CCCl)CCCl)cc1. The molecule has 1 amide bonds. The number of alkyl halides is 2. The van der Waals surface area contributed by atoms with Crippen molar-refractivity contribution in [2.45, 2.75) is 38.6 Å². The molecule has 1 aliphatic rings. The third kappa shape index (κ3) is 5.71. The number of nitrogens with one attached hydrogen (secondary N) is 1. The summed E-state index contributed by atoms with van der Waals surface area (Å²) in [5.41, 5.74) is 8.76. The molecule has 0 bridgehead atoms. The molecule has 0 saturated carbocycles. The van der Waals surface area contributed by atoms with E-state index in [-0.39, 0.29) is 5.91 Å². The summed E-state index contributed by atoms with van der Waals surface area (Å²) in [4.78, 5) is 14.6. The molecule has 1 N–H and O–H groups in total. The standard InChI is InChI=1S/C26H30Cl2N4O/c27-14-17-31(18-15-28)21-11-9-20(10-12-21)19-29-30-26(33)13-16-32-24-7-3-1-5-22(24)23-6-2-4-8-25(23)32/h1,3,5,7,9-12,19H,2,4,6,8,13-18H2,(H,30,33)/b29-19-. The highest BCUT2D eigenvalue weighted by molar-refractivity contribution is 6.18. The van der Waals surface area contributed by atoms with Gasteiger partial charge in [0.2, 0.25) is 5.91 Å². The van der Waals surface area contributed by atoms with Gasteiger partial charge in [-0.3, -0.25) is 4.79 Å². The largest absolute Gasteiger partial charge is 0.369 e. The molecule has 3 aromatic rings. The van der Waals surface area contributed by atoms with E-state index >= 15 is 0 Å². The van der Waals surface area contributed by atoms with E-state index < -0.39 is 0 Å². The Morgan fingerprint density at radius 2 is 1.76 bits per heavy atom. The van der Waals surface area contributed by atoms with Gasteiger partial charge < -0.3 is 9.47 Å². The average molecular weight is 485 g/mol. The van der Waals surface area contributed by atoms with Crippen LogP contribution in [0.2, 0.25) is 0 Å². The van der Waals surface area contributed by atoms with Crippen LogP contribution in [0.3, 0.4) is 0 Å². The maximum absolute atomic E-state index is 12.5. The van der Waals surface area contributed by atoms with Crippen LogP contribution in [-0.2, 0) is 24.2 Å². The van der Waals surface area contributed by atoms with Gasteiger partial charge in [-0.05, 0) is 55.0 Å². The molecular weight excluding hydrogens is 455 g/mol. The van der Waals surface area contributed by atoms with E-state index in [4.69, 9.17) is 23.2 Å². The molecule has 0 unspecified atom stereocenters. The van der Waals surface area contributed by atoms with Crippen LogP contribution in [0.5, 0.6) is 0 Å². The van der Waals surface area contributed by atoms with E-state index in [1.165, 1.54) is 35.0 Å². The number of halogens is 2.